The number of nitrogens with zero attached hydrogens (tertiary/aromatic N) is 2. The highest BCUT2D eigenvalue weighted by atomic mass is 32.1. The molecule has 1 aliphatic rings. The second kappa shape index (κ2) is 5.02. The molecule has 0 fully saturated rings. The Morgan fingerprint density at radius 2 is 2.14 bits per heavy atom. The number of para-hydroxylation sites is 1. The van der Waals surface area contributed by atoms with Crippen LogP contribution in [0, 0.1) is 0 Å². The van der Waals surface area contributed by atoms with Crippen molar-refractivity contribution in [3.63, 3.8) is 0 Å². The smallest absolute Gasteiger partial charge is 0.150 e. The number of imidazole rings is 1. The molecule has 2 atom stereocenters. The molecule has 0 saturated carbocycles. The molecule has 1 N–H and O–H groups in total. The predicted molar refractivity (Wildman–Crippen MR) is 81.5 cm³/mol. The highest BCUT2D eigenvalue weighted by Crippen LogP contribution is 2.39. The third kappa shape index (κ3) is 2.05. The molecule has 3 heterocycles. The van der Waals surface area contributed by atoms with Gasteiger partial charge in [-0.25, -0.2) is 4.98 Å². The van der Waals surface area contributed by atoms with Crippen LogP contribution < -0.4 is 4.74 Å². The summed E-state index contributed by atoms with van der Waals surface area (Å²) in [6.45, 7) is 0.437. The summed E-state index contributed by atoms with van der Waals surface area (Å²) in [5.74, 6) is 1.64. The first-order valence-corrected chi connectivity index (χ1v) is 7.69. The Morgan fingerprint density at radius 3 is 3.00 bits per heavy atom. The molecule has 0 spiro atoms. The highest BCUT2D eigenvalue weighted by Gasteiger charge is 2.31. The van der Waals surface area contributed by atoms with E-state index in [1.54, 1.807) is 17.5 Å². The van der Waals surface area contributed by atoms with Crippen LogP contribution in [0.25, 0.3) is 10.7 Å². The van der Waals surface area contributed by atoms with Crippen molar-refractivity contribution in [2.75, 3.05) is 6.61 Å². The Kier molecular flexibility index (Phi) is 3.02. The van der Waals surface area contributed by atoms with Crippen LogP contribution in [0.4, 0.5) is 0 Å². The average molecular weight is 298 g/mol. The van der Waals surface area contributed by atoms with E-state index in [0.29, 0.717) is 6.61 Å². The Bertz CT molecular complexity index is 751. The van der Waals surface area contributed by atoms with E-state index in [-0.39, 0.29) is 6.04 Å². The van der Waals surface area contributed by atoms with Gasteiger partial charge in [-0.1, -0.05) is 24.3 Å². The molecule has 2 aromatic heterocycles. The molecule has 3 aromatic rings. The lowest BCUT2D eigenvalue weighted by Crippen LogP contribution is -2.28. The minimum Gasteiger partial charge on any atom is -0.491 e. The first kappa shape index (κ1) is 12.6. The summed E-state index contributed by atoms with van der Waals surface area (Å²) in [4.78, 5) is 5.52. The number of rotatable bonds is 2. The van der Waals surface area contributed by atoms with E-state index in [1.807, 2.05) is 52.5 Å². The van der Waals surface area contributed by atoms with Crippen LogP contribution in [0.15, 0.2) is 54.2 Å². The lowest BCUT2D eigenvalue weighted by molar-refractivity contribution is 0.0577. The van der Waals surface area contributed by atoms with Crippen LogP contribution in [0.5, 0.6) is 5.75 Å². The summed E-state index contributed by atoms with van der Waals surface area (Å²) < 4.78 is 7.80. The van der Waals surface area contributed by atoms with Gasteiger partial charge in [0.2, 0.25) is 0 Å². The van der Waals surface area contributed by atoms with Crippen molar-refractivity contribution in [2.24, 2.45) is 0 Å². The molecule has 0 aliphatic carbocycles. The van der Waals surface area contributed by atoms with E-state index in [4.69, 9.17) is 4.74 Å². The van der Waals surface area contributed by atoms with Crippen LogP contribution in [-0.4, -0.2) is 21.3 Å². The molecule has 4 nitrogen and oxygen atoms in total. The van der Waals surface area contributed by atoms with Crippen molar-refractivity contribution in [1.82, 2.24) is 9.55 Å². The first-order chi connectivity index (χ1) is 10.3. The maximum atomic E-state index is 10.7. The number of aliphatic hydroxyl groups is 1. The van der Waals surface area contributed by atoms with Gasteiger partial charge in [-0.15, -0.1) is 11.3 Å². The number of aliphatic hydroxyl groups excluding tert-OH is 1. The van der Waals surface area contributed by atoms with E-state index < -0.39 is 6.10 Å². The monoisotopic (exact) mass is 298 g/mol. The van der Waals surface area contributed by atoms with Crippen LogP contribution in [0.2, 0.25) is 0 Å². The number of hydrogen-bond donors (Lipinski definition) is 1. The lowest BCUT2D eigenvalue weighted by Gasteiger charge is -2.31. The third-order valence-electron chi connectivity index (χ3n) is 3.78. The van der Waals surface area contributed by atoms with Gasteiger partial charge in [0.05, 0.1) is 10.9 Å². The van der Waals surface area contributed by atoms with Crippen molar-refractivity contribution < 1.29 is 9.84 Å². The van der Waals surface area contributed by atoms with E-state index in [2.05, 4.69) is 4.98 Å². The van der Waals surface area contributed by atoms with Gasteiger partial charge in [-0.3, -0.25) is 0 Å². The standard InChI is InChI=1S/C16H14N2O2S/c19-15-11-4-1-2-5-13(11)20-10-12(15)18-8-7-17-16(18)14-6-3-9-21-14/h1-9,12,15,19H,10H2. The van der Waals surface area contributed by atoms with E-state index in [9.17, 15) is 5.11 Å². The van der Waals surface area contributed by atoms with Crippen molar-refractivity contribution in [2.45, 2.75) is 12.1 Å². The molecular formula is C16H14N2O2S. The molecule has 2 unspecified atom stereocenters. The zero-order chi connectivity index (χ0) is 14.2. The zero-order valence-electron chi connectivity index (χ0n) is 11.2. The predicted octanol–water partition coefficient (Wildman–Crippen LogP) is 3.28. The van der Waals surface area contributed by atoms with Crippen LogP contribution in [0.1, 0.15) is 17.7 Å². The molecule has 5 heteroatoms. The normalized spacial score (nSPS) is 20.8. The van der Waals surface area contributed by atoms with Crippen molar-refractivity contribution in [3.05, 3.63) is 59.7 Å². The number of thiophene rings is 1. The Balaban J connectivity index is 1.75. The van der Waals surface area contributed by atoms with Gasteiger partial charge >= 0.3 is 0 Å². The largest absolute Gasteiger partial charge is 0.491 e. The van der Waals surface area contributed by atoms with Gasteiger partial charge in [-0.05, 0) is 17.5 Å². The quantitative estimate of drug-likeness (QED) is 0.790. The van der Waals surface area contributed by atoms with E-state index in [0.717, 1.165) is 22.0 Å². The van der Waals surface area contributed by atoms with Crippen LogP contribution in [-0.2, 0) is 0 Å². The molecule has 21 heavy (non-hydrogen) atoms. The van der Waals surface area contributed by atoms with Gasteiger partial charge in [0.15, 0.2) is 0 Å². The SMILES string of the molecule is OC1c2ccccc2OCC1n1ccnc1-c1cccs1. The minimum absolute atomic E-state index is 0.167. The second-order valence-corrected chi connectivity index (χ2v) is 5.94. The fourth-order valence-corrected chi connectivity index (χ4v) is 3.46. The Labute approximate surface area is 126 Å². The highest BCUT2D eigenvalue weighted by molar-refractivity contribution is 7.13. The van der Waals surface area contributed by atoms with E-state index in [1.165, 1.54) is 0 Å². The number of aromatic nitrogens is 2. The maximum Gasteiger partial charge on any atom is 0.150 e. The molecule has 4 rings (SSSR count). The molecule has 0 saturated heterocycles. The average Bonchev–Trinajstić information content (AvgIpc) is 3.18. The van der Waals surface area contributed by atoms with Gasteiger partial charge in [-0.2, -0.15) is 0 Å². The second-order valence-electron chi connectivity index (χ2n) is 5.00. The summed E-state index contributed by atoms with van der Waals surface area (Å²) >= 11 is 1.64. The number of ether oxygens (including phenoxy) is 1. The molecule has 0 radical (unpaired) electrons. The third-order valence-corrected chi connectivity index (χ3v) is 4.65. The van der Waals surface area contributed by atoms with Gasteiger partial charge in [0.25, 0.3) is 0 Å². The lowest BCUT2D eigenvalue weighted by atomic mass is 9.99. The summed E-state index contributed by atoms with van der Waals surface area (Å²) in [6, 6.07) is 11.5. The molecule has 0 bridgehead atoms. The van der Waals surface area contributed by atoms with E-state index >= 15 is 0 Å². The summed E-state index contributed by atoms with van der Waals surface area (Å²) in [5.41, 5.74) is 0.833. The Morgan fingerprint density at radius 1 is 1.24 bits per heavy atom. The number of hydrogen-bond acceptors (Lipinski definition) is 4. The van der Waals surface area contributed by atoms with Gasteiger partial charge in [0.1, 0.15) is 24.3 Å². The topological polar surface area (TPSA) is 47.3 Å². The molecular weight excluding hydrogens is 284 g/mol. The van der Waals surface area contributed by atoms with Crippen LogP contribution >= 0.6 is 11.3 Å². The van der Waals surface area contributed by atoms with Crippen molar-refractivity contribution in [1.29, 1.82) is 0 Å². The summed E-state index contributed by atoms with van der Waals surface area (Å²) in [6.07, 6.45) is 3.07. The number of benzene rings is 1. The zero-order valence-corrected chi connectivity index (χ0v) is 12.0. The van der Waals surface area contributed by atoms with Gasteiger partial charge in [0, 0.05) is 18.0 Å². The van der Waals surface area contributed by atoms with Crippen LogP contribution in [0.3, 0.4) is 0 Å². The molecule has 0 amide bonds. The molecule has 1 aliphatic heterocycles. The first-order valence-electron chi connectivity index (χ1n) is 6.81. The molecule has 1 aromatic carbocycles. The van der Waals surface area contributed by atoms with Gasteiger partial charge < -0.3 is 14.4 Å². The Hall–Kier alpha value is -2.11. The fraction of sp³-hybridized carbons (Fsp3) is 0.188. The van der Waals surface area contributed by atoms with Crippen molar-refractivity contribution in [3.8, 4) is 16.5 Å². The van der Waals surface area contributed by atoms with Crippen molar-refractivity contribution >= 4 is 11.3 Å². The molecule has 106 valence electrons. The minimum atomic E-state index is -0.595. The summed E-state index contributed by atoms with van der Waals surface area (Å²) in [5, 5.41) is 12.7. The fourth-order valence-electron chi connectivity index (χ4n) is 2.74. The number of fused-ring (bicyclic) bond motifs is 1. The summed E-state index contributed by atoms with van der Waals surface area (Å²) in [7, 11) is 0. The maximum absolute atomic E-state index is 10.7.